The molecule has 0 spiro atoms. The van der Waals surface area contributed by atoms with E-state index in [1.54, 1.807) is 18.0 Å². The molecule has 1 saturated heterocycles. The van der Waals surface area contributed by atoms with E-state index in [1.165, 1.54) is 0 Å². The van der Waals surface area contributed by atoms with E-state index in [0.717, 1.165) is 11.5 Å². The average Bonchev–Trinajstić information content (AvgIpc) is 2.86. The number of aryl methyl sites for hydroxylation is 2. The van der Waals surface area contributed by atoms with Gasteiger partial charge in [0.2, 0.25) is 11.8 Å². The Balaban J connectivity index is 1.54. The highest BCUT2D eigenvalue weighted by Gasteiger charge is 2.35. The Morgan fingerprint density at radius 3 is 2.89 bits per heavy atom. The van der Waals surface area contributed by atoms with Gasteiger partial charge in [0.25, 0.3) is 0 Å². The van der Waals surface area contributed by atoms with Crippen LogP contribution in [-0.2, 0) is 11.2 Å². The highest BCUT2D eigenvalue weighted by Crippen LogP contribution is 2.26. The molecule has 0 bridgehead atoms. The van der Waals surface area contributed by atoms with E-state index in [0.29, 0.717) is 31.2 Å². The molecule has 7 heteroatoms. The number of hydrogen-bond donors (Lipinski definition) is 1. The summed E-state index contributed by atoms with van der Waals surface area (Å²) in [6.45, 7) is 4.95. The standard InChI is InChI=1S/C12H15N5O2/c1-7-13-4-10(14-7)3-11(18)17-5-9(6-17)12-15-8(2)16-19-12/h4,9H,3,5-6H2,1-2H3,(H,13,14). The molecule has 1 fully saturated rings. The van der Waals surface area contributed by atoms with Gasteiger partial charge in [-0.15, -0.1) is 0 Å². The molecule has 2 aromatic rings. The first-order valence-corrected chi connectivity index (χ1v) is 6.20. The van der Waals surface area contributed by atoms with Crippen molar-refractivity contribution in [2.75, 3.05) is 13.1 Å². The predicted octanol–water partition coefficient (Wildman–Crippen LogP) is 0.578. The molecule has 2 aromatic heterocycles. The van der Waals surface area contributed by atoms with E-state index in [1.807, 2.05) is 6.92 Å². The fourth-order valence-electron chi connectivity index (χ4n) is 2.15. The zero-order chi connectivity index (χ0) is 13.4. The molecule has 0 aromatic carbocycles. The molecule has 0 saturated carbocycles. The quantitative estimate of drug-likeness (QED) is 0.873. The van der Waals surface area contributed by atoms with Gasteiger partial charge < -0.3 is 14.4 Å². The van der Waals surface area contributed by atoms with E-state index < -0.39 is 0 Å². The number of amides is 1. The van der Waals surface area contributed by atoms with Gasteiger partial charge in [-0.3, -0.25) is 4.79 Å². The summed E-state index contributed by atoms with van der Waals surface area (Å²) in [5, 5.41) is 3.76. The number of imidazole rings is 1. The molecule has 1 amide bonds. The Kier molecular flexibility index (Phi) is 2.81. The van der Waals surface area contributed by atoms with Crippen LogP contribution in [0, 0.1) is 13.8 Å². The van der Waals surface area contributed by atoms with Crippen LogP contribution in [0.3, 0.4) is 0 Å². The van der Waals surface area contributed by atoms with Gasteiger partial charge in [-0.05, 0) is 13.8 Å². The van der Waals surface area contributed by atoms with Crippen molar-refractivity contribution in [2.24, 2.45) is 0 Å². The van der Waals surface area contributed by atoms with E-state index in [9.17, 15) is 4.79 Å². The maximum absolute atomic E-state index is 12.0. The van der Waals surface area contributed by atoms with Gasteiger partial charge in [0, 0.05) is 25.0 Å². The monoisotopic (exact) mass is 261 g/mol. The summed E-state index contributed by atoms with van der Waals surface area (Å²) in [5.74, 6) is 2.35. The molecule has 3 rings (SSSR count). The van der Waals surface area contributed by atoms with Crippen molar-refractivity contribution in [3.63, 3.8) is 0 Å². The third-order valence-corrected chi connectivity index (χ3v) is 3.22. The Morgan fingerprint density at radius 1 is 1.53 bits per heavy atom. The number of rotatable bonds is 3. The smallest absolute Gasteiger partial charge is 0.233 e. The lowest BCUT2D eigenvalue weighted by Crippen LogP contribution is -2.49. The van der Waals surface area contributed by atoms with Crippen molar-refractivity contribution in [1.82, 2.24) is 25.0 Å². The van der Waals surface area contributed by atoms with Crippen molar-refractivity contribution in [1.29, 1.82) is 0 Å². The van der Waals surface area contributed by atoms with Crippen LogP contribution in [0.4, 0.5) is 0 Å². The molecule has 0 atom stereocenters. The van der Waals surface area contributed by atoms with E-state index >= 15 is 0 Å². The molecule has 0 unspecified atom stereocenters. The minimum Gasteiger partial charge on any atom is -0.346 e. The summed E-state index contributed by atoms with van der Waals surface area (Å²) < 4.78 is 5.10. The molecule has 19 heavy (non-hydrogen) atoms. The number of nitrogens with zero attached hydrogens (tertiary/aromatic N) is 4. The molecular weight excluding hydrogens is 246 g/mol. The number of hydrogen-bond acceptors (Lipinski definition) is 5. The summed E-state index contributed by atoms with van der Waals surface area (Å²) in [7, 11) is 0. The zero-order valence-corrected chi connectivity index (χ0v) is 10.9. The molecule has 0 aliphatic carbocycles. The molecular formula is C12H15N5O2. The Bertz CT molecular complexity index is 597. The molecule has 1 aliphatic heterocycles. The van der Waals surface area contributed by atoms with Crippen LogP contribution >= 0.6 is 0 Å². The molecule has 100 valence electrons. The van der Waals surface area contributed by atoms with Crippen molar-refractivity contribution < 1.29 is 9.32 Å². The van der Waals surface area contributed by atoms with Crippen molar-refractivity contribution in [3.05, 3.63) is 29.4 Å². The van der Waals surface area contributed by atoms with Crippen LogP contribution in [0.25, 0.3) is 0 Å². The summed E-state index contributed by atoms with van der Waals surface area (Å²) >= 11 is 0. The van der Waals surface area contributed by atoms with Gasteiger partial charge in [-0.25, -0.2) is 4.98 Å². The minimum absolute atomic E-state index is 0.0936. The number of nitrogens with one attached hydrogen (secondary N) is 1. The van der Waals surface area contributed by atoms with Gasteiger partial charge >= 0.3 is 0 Å². The van der Waals surface area contributed by atoms with Gasteiger partial charge in [0.15, 0.2) is 5.82 Å². The summed E-state index contributed by atoms with van der Waals surface area (Å²) in [6, 6.07) is 0. The first kappa shape index (κ1) is 11.9. The van der Waals surface area contributed by atoms with Crippen LogP contribution < -0.4 is 0 Å². The van der Waals surface area contributed by atoms with Crippen LogP contribution in [0.1, 0.15) is 29.2 Å². The predicted molar refractivity (Wildman–Crippen MR) is 65.4 cm³/mol. The van der Waals surface area contributed by atoms with Crippen LogP contribution in [0.5, 0.6) is 0 Å². The largest absolute Gasteiger partial charge is 0.346 e. The van der Waals surface area contributed by atoms with E-state index in [4.69, 9.17) is 4.52 Å². The lowest BCUT2D eigenvalue weighted by molar-refractivity contribution is -0.135. The summed E-state index contributed by atoms with van der Waals surface area (Å²) in [4.78, 5) is 25.1. The lowest BCUT2D eigenvalue weighted by atomic mass is 9.99. The normalized spacial score (nSPS) is 15.6. The van der Waals surface area contributed by atoms with Crippen LogP contribution in [-0.4, -0.2) is 44.0 Å². The Labute approximate surface area is 110 Å². The third-order valence-electron chi connectivity index (χ3n) is 3.22. The van der Waals surface area contributed by atoms with Gasteiger partial charge in [-0.1, -0.05) is 5.16 Å². The first-order valence-electron chi connectivity index (χ1n) is 6.20. The third kappa shape index (κ3) is 2.35. The lowest BCUT2D eigenvalue weighted by Gasteiger charge is -2.37. The van der Waals surface area contributed by atoms with Gasteiger partial charge in [-0.2, -0.15) is 4.98 Å². The van der Waals surface area contributed by atoms with Crippen LogP contribution in [0.15, 0.2) is 10.7 Å². The highest BCUT2D eigenvalue weighted by molar-refractivity contribution is 5.79. The second kappa shape index (κ2) is 4.49. The molecule has 1 N–H and O–H groups in total. The van der Waals surface area contributed by atoms with Gasteiger partial charge in [0.1, 0.15) is 5.82 Å². The number of carbonyl (C=O) groups is 1. The van der Waals surface area contributed by atoms with Crippen molar-refractivity contribution in [2.45, 2.75) is 26.2 Å². The fraction of sp³-hybridized carbons (Fsp3) is 0.500. The number of carbonyl (C=O) groups excluding carboxylic acids is 1. The highest BCUT2D eigenvalue weighted by atomic mass is 16.5. The van der Waals surface area contributed by atoms with E-state index in [2.05, 4.69) is 20.1 Å². The molecule has 0 radical (unpaired) electrons. The molecule has 3 heterocycles. The van der Waals surface area contributed by atoms with Gasteiger partial charge in [0.05, 0.1) is 12.3 Å². The SMILES string of the molecule is Cc1noc(C2CN(C(=O)Cc3cnc(C)[nH]3)C2)n1. The van der Waals surface area contributed by atoms with E-state index in [-0.39, 0.29) is 11.8 Å². The molecule has 7 nitrogen and oxygen atoms in total. The molecule has 1 aliphatic rings. The fourth-order valence-corrected chi connectivity index (χ4v) is 2.15. The summed E-state index contributed by atoms with van der Waals surface area (Å²) in [6.07, 6.45) is 2.06. The van der Waals surface area contributed by atoms with Crippen molar-refractivity contribution >= 4 is 5.91 Å². The zero-order valence-electron chi connectivity index (χ0n) is 10.9. The first-order chi connectivity index (χ1) is 9.11. The number of likely N-dealkylation sites (tertiary alicyclic amines) is 1. The number of aromatic nitrogens is 4. The maximum atomic E-state index is 12.0. The summed E-state index contributed by atoms with van der Waals surface area (Å²) in [5.41, 5.74) is 0.847. The number of aromatic amines is 1. The van der Waals surface area contributed by atoms with Crippen LogP contribution in [0.2, 0.25) is 0 Å². The maximum Gasteiger partial charge on any atom is 0.233 e. The number of H-pyrrole nitrogens is 1. The topological polar surface area (TPSA) is 87.9 Å². The Morgan fingerprint density at radius 2 is 2.32 bits per heavy atom. The minimum atomic E-state index is 0.0936. The average molecular weight is 261 g/mol. The Hall–Kier alpha value is -2.18. The second-order valence-corrected chi connectivity index (χ2v) is 4.85. The van der Waals surface area contributed by atoms with Crippen molar-refractivity contribution in [3.8, 4) is 0 Å². The second-order valence-electron chi connectivity index (χ2n) is 4.85.